The SMILES string of the molecule is COc1cc(/C=C(/C#N)C(=O)N(C)C)c(Br)cc1OCC(=O)O. The summed E-state index contributed by atoms with van der Waals surface area (Å²) in [4.78, 5) is 23.8. The van der Waals surface area contributed by atoms with Crippen LogP contribution in [0.25, 0.3) is 6.08 Å². The highest BCUT2D eigenvalue weighted by Crippen LogP contribution is 2.34. The zero-order valence-corrected chi connectivity index (χ0v) is 14.4. The average Bonchev–Trinajstić information content (AvgIpc) is 2.50. The lowest BCUT2D eigenvalue weighted by atomic mass is 10.1. The number of carboxylic acids is 1. The highest BCUT2D eigenvalue weighted by atomic mass is 79.9. The van der Waals surface area contributed by atoms with Crippen molar-refractivity contribution in [1.29, 1.82) is 5.26 Å². The molecule has 1 aromatic rings. The highest BCUT2D eigenvalue weighted by molar-refractivity contribution is 9.10. The number of methoxy groups -OCH3 is 1. The number of amides is 1. The molecule has 0 heterocycles. The molecule has 1 N–H and O–H groups in total. The van der Waals surface area contributed by atoms with E-state index in [0.717, 1.165) is 0 Å². The van der Waals surface area contributed by atoms with Crippen molar-refractivity contribution in [3.8, 4) is 17.6 Å². The maximum absolute atomic E-state index is 11.9. The highest BCUT2D eigenvalue weighted by Gasteiger charge is 2.15. The topological polar surface area (TPSA) is 99.9 Å². The van der Waals surface area contributed by atoms with Crippen LogP contribution in [0, 0.1) is 11.3 Å². The molecule has 0 atom stereocenters. The second-order valence-electron chi connectivity index (χ2n) is 4.58. The fourth-order valence-electron chi connectivity index (χ4n) is 1.61. The Balaban J connectivity index is 3.26. The number of likely N-dealkylation sites (N-methyl/N-ethyl adjacent to an activating group) is 1. The molecule has 0 aliphatic rings. The quantitative estimate of drug-likeness (QED) is 0.595. The van der Waals surface area contributed by atoms with E-state index >= 15 is 0 Å². The van der Waals surface area contributed by atoms with Crippen LogP contribution in [-0.4, -0.2) is 49.7 Å². The van der Waals surface area contributed by atoms with Crippen molar-refractivity contribution in [2.24, 2.45) is 0 Å². The van der Waals surface area contributed by atoms with Gasteiger partial charge >= 0.3 is 5.97 Å². The van der Waals surface area contributed by atoms with Gasteiger partial charge in [0, 0.05) is 18.6 Å². The van der Waals surface area contributed by atoms with Crippen LogP contribution >= 0.6 is 15.9 Å². The van der Waals surface area contributed by atoms with Crippen LogP contribution in [0.15, 0.2) is 22.2 Å². The van der Waals surface area contributed by atoms with Crippen LogP contribution in [0.3, 0.4) is 0 Å². The Morgan fingerprint density at radius 3 is 2.52 bits per heavy atom. The molecule has 0 radical (unpaired) electrons. The summed E-state index contributed by atoms with van der Waals surface area (Å²) in [7, 11) is 4.50. The first kappa shape index (κ1) is 18.5. The minimum Gasteiger partial charge on any atom is -0.493 e. The number of carbonyl (C=O) groups excluding carboxylic acids is 1. The van der Waals surface area contributed by atoms with Gasteiger partial charge < -0.3 is 19.5 Å². The van der Waals surface area contributed by atoms with E-state index in [9.17, 15) is 9.59 Å². The summed E-state index contributed by atoms with van der Waals surface area (Å²) in [6, 6.07) is 4.91. The van der Waals surface area contributed by atoms with E-state index in [1.807, 2.05) is 6.07 Å². The molecule has 0 aromatic heterocycles. The first-order valence-corrected chi connectivity index (χ1v) is 7.15. The van der Waals surface area contributed by atoms with Crippen molar-refractivity contribution in [3.63, 3.8) is 0 Å². The van der Waals surface area contributed by atoms with Crippen molar-refractivity contribution in [2.75, 3.05) is 27.8 Å². The molecule has 0 bridgehead atoms. The first-order valence-electron chi connectivity index (χ1n) is 6.35. The lowest BCUT2D eigenvalue weighted by Gasteiger charge is -2.12. The maximum atomic E-state index is 11.9. The van der Waals surface area contributed by atoms with E-state index in [-0.39, 0.29) is 17.1 Å². The molecule has 23 heavy (non-hydrogen) atoms. The van der Waals surface area contributed by atoms with Crippen LogP contribution in [-0.2, 0) is 9.59 Å². The molecule has 1 aromatic carbocycles. The number of rotatable bonds is 6. The number of halogens is 1. The third kappa shape index (κ3) is 5.00. The predicted octanol–water partition coefficient (Wildman–Crippen LogP) is 1.92. The van der Waals surface area contributed by atoms with Gasteiger partial charge in [-0.3, -0.25) is 4.79 Å². The fraction of sp³-hybridized carbons (Fsp3) is 0.267. The van der Waals surface area contributed by atoms with Crippen molar-refractivity contribution >= 4 is 33.9 Å². The van der Waals surface area contributed by atoms with E-state index in [4.69, 9.17) is 19.8 Å². The monoisotopic (exact) mass is 382 g/mol. The third-order valence-corrected chi connectivity index (χ3v) is 3.38. The van der Waals surface area contributed by atoms with Crippen LogP contribution in [0.1, 0.15) is 5.56 Å². The summed E-state index contributed by atoms with van der Waals surface area (Å²) in [6.45, 7) is -0.513. The van der Waals surface area contributed by atoms with Gasteiger partial charge in [0.15, 0.2) is 18.1 Å². The summed E-state index contributed by atoms with van der Waals surface area (Å²) in [6.07, 6.45) is 1.41. The van der Waals surface area contributed by atoms with E-state index in [1.165, 1.54) is 24.2 Å². The Kier molecular flexibility index (Phi) is 6.60. The number of carbonyl (C=O) groups is 2. The van der Waals surface area contributed by atoms with E-state index in [0.29, 0.717) is 10.0 Å². The molecule has 0 saturated heterocycles. The number of carboxylic acid groups (broad SMARTS) is 1. The fourth-order valence-corrected chi connectivity index (χ4v) is 2.05. The molecule has 0 saturated carbocycles. The minimum absolute atomic E-state index is 0.0445. The largest absolute Gasteiger partial charge is 0.493 e. The van der Waals surface area contributed by atoms with Gasteiger partial charge in [-0.1, -0.05) is 15.9 Å². The van der Waals surface area contributed by atoms with Gasteiger partial charge in [0.1, 0.15) is 11.6 Å². The molecular weight excluding hydrogens is 368 g/mol. The van der Waals surface area contributed by atoms with E-state index in [2.05, 4.69) is 15.9 Å². The maximum Gasteiger partial charge on any atom is 0.341 e. The molecule has 1 amide bonds. The van der Waals surface area contributed by atoms with Gasteiger partial charge in [-0.15, -0.1) is 0 Å². The van der Waals surface area contributed by atoms with Crippen molar-refractivity contribution in [2.45, 2.75) is 0 Å². The second-order valence-corrected chi connectivity index (χ2v) is 5.43. The smallest absolute Gasteiger partial charge is 0.341 e. The molecule has 1 rings (SSSR count). The van der Waals surface area contributed by atoms with Crippen molar-refractivity contribution in [1.82, 2.24) is 4.90 Å². The Morgan fingerprint density at radius 1 is 1.39 bits per heavy atom. The average molecular weight is 383 g/mol. The summed E-state index contributed by atoms with van der Waals surface area (Å²) in [5.74, 6) is -1.02. The normalized spacial score (nSPS) is 10.7. The van der Waals surface area contributed by atoms with Gasteiger partial charge in [-0.25, -0.2) is 4.79 Å². The lowest BCUT2D eigenvalue weighted by Crippen LogP contribution is -2.22. The van der Waals surface area contributed by atoms with Gasteiger partial charge in [0.2, 0.25) is 0 Å². The predicted molar refractivity (Wildman–Crippen MR) is 86.1 cm³/mol. The van der Waals surface area contributed by atoms with Crippen LogP contribution in [0.5, 0.6) is 11.5 Å². The minimum atomic E-state index is -1.12. The number of ether oxygens (including phenoxy) is 2. The zero-order chi connectivity index (χ0) is 17.6. The lowest BCUT2D eigenvalue weighted by molar-refractivity contribution is -0.139. The Morgan fingerprint density at radius 2 is 2.04 bits per heavy atom. The van der Waals surface area contributed by atoms with Crippen LogP contribution < -0.4 is 9.47 Å². The van der Waals surface area contributed by atoms with E-state index in [1.54, 1.807) is 20.2 Å². The van der Waals surface area contributed by atoms with Crippen LogP contribution in [0.4, 0.5) is 0 Å². The third-order valence-electron chi connectivity index (χ3n) is 2.69. The molecule has 8 heteroatoms. The molecule has 0 aliphatic heterocycles. The molecule has 122 valence electrons. The Bertz CT molecular complexity index is 692. The number of hydrogen-bond acceptors (Lipinski definition) is 5. The molecular formula is C15H15BrN2O5. The standard InChI is InChI=1S/C15H15BrN2O5/c1-18(2)15(21)10(7-17)4-9-5-12(22-3)13(6-11(9)16)23-8-14(19)20/h4-6H,8H2,1-3H3,(H,19,20)/b10-4-. The number of hydrogen-bond donors (Lipinski definition) is 1. The molecule has 0 fully saturated rings. The molecule has 0 spiro atoms. The summed E-state index contributed by atoms with van der Waals surface area (Å²) in [5.41, 5.74) is 0.480. The number of benzene rings is 1. The van der Waals surface area contributed by atoms with Crippen LogP contribution in [0.2, 0.25) is 0 Å². The number of nitriles is 1. The van der Waals surface area contributed by atoms with Crippen molar-refractivity contribution in [3.05, 3.63) is 27.7 Å². The van der Waals surface area contributed by atoms with Gasteiger partial charge in [0.25, 0.3) is 5.91 Å². The summed E-state index contributed by atoms with van der Waals surface area (Å²) in [5, 5.41) is 17.8. The summed E-state index contributed by atoms with van der Waals surface area (Å²) >= 11 is 3.30. The van der Waals surface area contributed by atoms with Crippen molar-refractivity contribution < 1.29 is 24.2 Å². The van der Waals surface area contributed by atoms with Gasteiger partial charge in [-0.2, -0.15) is 5.26 Å². The molecule has 0 aliphatic carbocycles. The Labute approximate surface area is 141 Å². The molecule has 7 nitrogen and oxygen atoms in total. The summed E-state index contributed by atoms with van der Waals surface area (Å²) < 4.78 is 10.8. The van der Waals surface area contributed by atoms with Gasteiger partial charge in [0.05, 0.1) is 7.11 Å². The Hall–Kier alpha value is -2.53. The second kappa shape index (κ2) is 8.19. The van der Waals surface area contributed by atoms with Gasteiger partial charge in [-0.05, 0) is 23.8 Å². The van der Waals surface area contributed by atoms with E-state index < -0.39 is 18.5 Å². The number of nitrogens with zero attached hydrogens (tertiary/aromatic N) is 2. The number of aliphatic carboxylic acids is 1. The zero-order valence-electron chi connectivity index (χ0n) is 12.8. The first-order chi connectivity index (χ1) is 10.8. The molecule has 0 unspecified atom stereocenters.